The lowest BCUT2D eigenvalue weighted by Crippen LogP contribution is -2.41. The second-order valence-corrected chi connectivity index (χ2v) is 7.30. The van der Waals surface area contributed by atoms with Crippen molar-refractivity contribution >= 4 is 40.3 Å². The Morgan fingerprint density at radius 2 is 1.83 bits per heavy atom. The van der Waals surface area contributed by atoms with Gasteiger partial charge in [0, 0.05) is 28.9 Å². The highest BCUT2D eigenvalue weighted by atomic mass is 32.1. The third-order valence-electron chi connectivity index (χ3n) is 3.14. The molecular formula is C16H19N3O3S2. The Morgan fingerprint density at radius 3 is 2.50 bits per heavy atom. The number of rotatable bonds is 7. The fraction of sp³-hybridized carbons (Fsp3) is 0.312. The van der Waals surface area contributed by atoms with E-state index >= 15 is 0 Å². The number of carbonyl (C=O) groups is 3. The number of hydrogen-bond donors (Lipinski definition) is 2. The van der Waals surface area contributed by atoms with Crippen LogP contribution in [0.25, 0.3) is 0 Å². The molecule has 2 amide bonds. The Morgan fingerprint density at radius 1 is 1.08 bits per heavy atom. The minimum Gasteiger partial charge on any atom is -0.347 e. The van der Waals surface area contributed by atoms with Crippen molar-refractivity contribution in [2.75, 3.05) is 27.2 Å². The molecule has 0 atom stereocenters. The molecule has 2 N–H and O–H groups in total. The summed E-state index contributed by atoms with van der Waals surface area (Å²) >= 11 is 2.79. The van der Waals surface area contributed by atoms with E-state index in [1.165, 1.54) is 22.7 Å². The molecule has 0 radical (unpaired) electrons. The first-order chi connectivity index (χ1) is 11.5. The molecule has 0 unspecified atom stereocenters. The molecule has 8 heteroatoms. The molecule has 0 aliphatic rings. The van der Waals surface area contributed by atoms with Gasteiger partial charge in [-0.05, 0) is 37.7 Å². The highest BCUT2D eigenvalue weighted by molar-refractivity contribution is 7.14. The largest absolute Gasteiger partial charge is 0.347 e. The highest BCUT2D eigenvalue weighted by Crippen LogP contribution is 2.21. The van der Waals surface area contributed by atoms with Crippen LogP contribution in [0.5, 0.6) is 0 Å². The minimum absolute atomic E-state index is 0.0275. The number of nitrogens with zero attached hydrogens (tertiary/aromatic N) is 1. The van der Waals surface area contributed by atoms with Crippen molar-refractivity contribution in [1.82, 2.24) is 15.5 Å². The number of ketones is 1. The van der Waals surface area contributed by atoms with E-state index in [2.05, 4.69) is 10.6 Å². The second kappa shape index (κ2) is 8.72. The number of thiophene rings is 2. The molecule has 2 heterocycles. The first-order valence-electron chi connectivity index (χ1n) is 7.33. The fourth-order valence-corrected chi connectivity index (χ4v) is 3.40. The smallest absolute Gasteiger partial charge is 0.309 e. The molecule has 128 valence electrons. The van der Waals surface area contributed by atoms with E-state index in [0.717, 1.165) is 4.88 Å². The standard InChI is InChI=1S/C16H19N3O3S2/c1-19(2)7-6-17-15(21)16(22)18-9-12-3-4-13(24-12)14(20)11-5-8-23-10-11/h3-5,8,10H,6-7,9H2,1-2H3,(H,17,21)(H,18,22). The molecular weight excluding hydrogens is 346 g/mol. The molecule has 24 heavy (non-hydrogen) atoms. The zero-order chi connectivity index (χ0) is 17.5. The van der Waals surface area contributed by atoms with Gasteiger partial charge in [-0.15, -0.1) is 11.3 Å². The maximum Gasteiger partial charge on any atom is 0.309 e. The van der Waals surface area contributed by atoms with Gasteiger partial charge in [-0.1, -0.05) is 0 Å². The average molecular weight is 365 g/mol. The van der Waals surface area contributed by atoms with Crippen LogP contribution in [0.1, 0.15) is 20.1 Å². The molecule has 0 aliphatic heterocycles. The summed E-state index contributed by atoms with van der Waals surface area (Å²) in [6.45, 7) is 1.30. The summed E-state index contributed by atoms with van der Waals surface area (Å²) in [5.74, 6) is -1.35. The molecule has 0 aliphatic carbocycles. The predicted octanol–water partition coefficient (Wildman–Crippen LogP) is 1.33. The Labute approximate surface area is 148 Å². The number of hydrogen-bond acceptors (Lipinski definition) is 6. The lowest BCUT2D eigenvalue weighted by atomic mass is 10.2. The molecule has 0 spiro atoms. The highest BCUT2D eigenvalue weighted by Gasteiger charge is 2.15. The van der Waals surface area contributed by atoms with Crippen LogP contribution >= 0.6 is 22.7 Å². The zero-order valence-corrected chi connectivity index (χ0v) is 15.1. The first kappa shape index (κ1) is 18.3. The maximum atomic E-state index is 12.2. The summed E-state index contributed by atoms with van der Waals surface area (Å²) in [4.78, 5) is 38.9. The number of nitrogens with one attached hydrogen (secondary N) is 2. The maximum absolute atomic E-state index is 12.2. The zero-order valence-electron chi connectivity index (χ0n) is 13.5. The Balaban J connectivity index is 1.81. The third-order valence-corrected chi connectivity index (χ3v) is 4.91. The summed E-state index contributed by atoms with van der Waals surface area (Å²) in [6, 6.07) is 5.31. The van der Waals surface area contributed by atoms with Gasteiger partial charge in [-0.25, -0.2) is 0 Å². The lowest BCUT2D eigenvalue weighted by Gasteiger charge is -2.10. The van der Waals surface area contributed by atoms with Crippen LogP contribution in [0.2, 0.25) is 0 Å². The van der Waals surface area contributed by atoms with Gasteiger partial charge in [0.05, 0.1) is 11.4 Å². The van der Waals surface area contributed by atoms with Crippen molar-refractivity contribution in [3.8, 4) is 0 Å². The van der Waals surface area contributed by atoms with Crippen LogP contribution in [-0.2, 0) is 16.1 Å². The molecule has 6 nitrogen and oxygen atoms in total. The van der Waals surface area contributed by atoms with Gasteiger partial charge in [0.2, 0.25) is 5.78 Å². The normalized spacial score (nSPS) is 10.6. The van der Waals surface area contributed by atoms with Crippen LogP contribution in [-0.4, -0.2) is 49.7 Å². The summed E-state index contributed by atoms with van der Waals surface area (Å²) in [5.41, 5.74) is 0.665. The molecule has 2 rings (SSSR count). The van der Waals surface area contributed by atoms with Crippen LogP contribution in [0.15, 0.2) is 29.0 Å². The number of carbonyl (C=O) groups excluding carboxylic acids is 3. The van der Waals surface area contributed by atoms with Gasteiger partial charge in [0.25, 0.3) is 0 Å². The van der Waals surface area contributed by atoms with Crippen molar-refractivity contribution < 1.29 is 14.4 Å². The third kappa shape index (κ3) is 5.26. The van der Waals surface area contributed by atoms with Crippen molar-refractivity contribution in [3.63, 3.8) is 0 Å². The van der Waals surface area contributed by atoms with Crippen molar-refractivity contribution in [2.24, 2.45) is 0 Å². The van der Waals surface area contributed by atoms with E-state index < -0.39 is 11.8 Å². The molecule has 0 bridgehead atoms. The average Bonchev–Trinajstić information content (AvgIpc) is 3.23. The molecule has 0 saturated carbocycles. The van der Waals surface area contributed by atoms with E-state index in [0.29, 0.717) is 23.5 Å². The Kier molecular flexibility index (Phi) is 6.65. The SMILES string of the molecule is CN(C)CCNC(=O)C(=O)NCc1ccc(C(=O)c2ccsc2)s1. The quantitative estimate of drug-likeness (QED) is 0.573. The summed E-state index contributed by atoms with van der Waals surface area (Å²) < 4.78 is 0. The van der Waals surface area contributed by atoms with Gasteiger partial charge < -0.3 is 15.5 Å². The molecule has 2 aromatic rings. The number of likely N-dealkylation sites (N-methyl/N-ethyl adjacent to an activating group) is 1. The van der Waals surface area contributed by atoms with Gasteiger partial charge in [0.15, 0.2) is 0 Å². The van der Waals surface area contributed by atoms with Gasteiger partial charge in [-0.3, -0.25) is 14.4 Å². The molecule has 2 aromatic heterocycles. The van der Waals surface area contributed by atoms with E-state index in [-0.39, 0.29) is 12.3 Å². The summed E-state index contributed by atoms with van der Waals surface area (Å²) in [7, 11) is 3.77. The summed E-state index contributed by atoms with van der Waals surface area (Å²) in [6.07, 6.45) is 0. The van der Waals surface area contributed by atoms with E-state index in [1.54, 1.807) is 18.2 Å². The predicted molar refractivity (Wildman–Crippen MR) is 95.5 cm³/mol. The second-order valence-electron chi connectivity index (χ2n) is 5.35. The van der Waals surface area contributed by atoms with Crippen LogP contribution in [0.3, 0.4) is 0 Å². The topological polar surface area (TPSA) is 78.5 Å². The van der Waals surface area contributed by atoms with Crippen molar-refractivity contribution in [1.29, 1.82) is 0 Å². The van der Waals surface area contributed by atoms with Crippen molar-refractivity contribution in [2.45, 2.75) is 6.54 Å². The monoisotopic (exact) mass is 365 g/mol. The molecule has 0 aromatic carbocycles. The van der Waals surface area contributed by atoms with E-state index in [1.807, 2.05) is 29.8 Å². The van der Waals surface area contributed by atoms with Crippen LogP contribution < -0.4 is 10.6 Å². The van der Waals surface area contributed by atoms with Gasteiger partial charge in [0.1, 0.15) is 0 Å². The Hall–Kier alpha value is -2.03. The first-order valence-corrected chi connectivity index (χ1v) is 9.09. The fourth-order valence-electron chi connectivity index (χ4n) is 1.85. The number of amides is 2. The minimum atomic E-state index is -0.673. The van der Waals surface area contributed by atoms with Gasteiger partial charge in [-0.2, -0.15) is 11.3 Å². The van der Waals surface area contributed by atoms with E-state index in [9.17, 15) is 14.4 Å². The molecule has 0 saturated heterocycles. The molecule has 0 fully saturated rings. The van der Waals surface area contributed by atoms with E-state index in [4.69, 9.17) is 0 Å². The summed E-state index contributed by atoms with van der Waals surface area (Å²) in [5, 5.41) is 8.78. The Bertz CT molecular complexity index is 708. The lowest BCUT2D eigenvalue weighted by molar-refractivity contribution is -0.139. The van der Waals surface area contributed by atoms with Crippen molar-refractivity contribution in [3.05, 3.63) is 44.3 Å². The van der Waals surface area contributed by atoms with Crippen LogP contribution in [0.4, 0.5) is 0 Å². The van der Waals surface area contributed by atoms with Crippen LogP contribution in [0, 0.1) is 0 Å². The van der Waals surface area contributed by atoms with Gasteiger partial charge >= 0.3 is 11.8 Å².